The van der Waals surface area contributed by atoms with Crippen LogP contribution in [0.4, 0.5) is 0 Å². The van der Waals surface area contributed by atoms with Gasteiger partial charge in [-0.15, -0.1) is 0 Å². The molecule has 1 aromatic rings. The standard InChI is InChI=1S/C15H24N2O/c1-11-3-5-14(6-4-11)15(12(2)16)17-8-7-13(9-17)10-18/h3-6,12-13,15,18H,7-10,16H2,1-2H3. The van der Waals surface area contributed by atoms with Crippen molar-refractivity contribution in [1.29, 1.82) is 0 Å². The third-order valence-corrected chi connectivity index (χ3v) is 3.89. The summed E-state index contributed by atoms with van der Waals surface area (Å²) >= 11 is 0. The molecular formula is C15H24N2O. The van der Waals surface area contributed by atoms with Crippen LogP contribution in [-0.2, 0) is 0 Å². The Hall–Kier alpha value is -0.900. The fourth-order valence-corrected chi connectivity index (χ4v) is 2.87. The maximum atomic E-state index is 9.25. The Balaban J connectivity index is 2.16. The lowest BCUT2D eigenvalue weighted by atomic mass is 9.98. The maximum absolute atomic E-state index is 9.25. The van der Waals surface area contributed by atoms with Crippen LogP contribution in [0.3, 0.4) is 0 Å². The lowest BCUT2D eigenvalue weighted by Gasteiger charge is -2.31. The van der Waals surface area contributed by atoms with Crippen molar-refractivity contribution in [2.45, 2.75) is 32.4 Å². The van der Waals surface area contributed by atoms with Gasteiger partial charge in [0.05, 0.1) is 0 Å². The summed E-state index contributed by atoms with van der Waals surface area (Å²) in [5, 5.41) is 9.25. The molecule has 3 atom stereocenters. The predicted molar refractivity (Wildman–Crippen MR) is 74.3 cm³/mol. The van der Waals surface area contributed by atoms with Crippen LogP contribution in [0.15, 0.2) is 24.3 Å². The number of aliphatic hydroxyl groups excluding tert-OH is 1. The Morgan fingerprint density at radius 3 is 2.56 bits per heavy atom. The number of benzene rings is 1. The highest BCUT2D eigenvalue weighted by molar-refractivity contribution is 5.25. The zero-order valence-electron chi connectivity index (χ0n) is 11.3. The van der Waals surface area contributed by atoms with E-state index in [2.05, 4.69) is 43.0 Å². The van der Waals surface area contributed by atoms with E-state index < -0.39 is 0 Å². The molecule has 18 heavy (non-hydrogen) atoms. The van der Waals surface area contributed by atoms with Gasteiger partial charge in [-0.1, -0.05) is 29.8 Å². The van der Waals surface area contributed by atoms with E-state index in [4.69, 9.17) is 5.73 Å². The normalized spacial score (nSPS) is 24.1. The van der Waals surface area contributed by atoms with E-state index in [0.29, 0.717) is 5.92 Å². The second-order valence-electron chi connectivity index (χ2n) is 5.55. The monoisotopic (exact) mass is 248 g/mol. The van der Waals surface area contributed by atoms with Gasteiger partial charge in [0.2, 0.25) is 0 Å². The highest BCUT2D eigenvalue weighted by Gasteiger charge is 2.30. The van der Waals surface area contributed by atoms with E-state index in [0.717, 1.165) is 19.5 Å². The van der Waals surface area contributed by atoms with Crippen molar-refractivity contribution in [3.63, 3.8) is 0 Å². The van der Waals surface area contributed by atoms with Gasteiger partial charge in [-0.05, 0) is 38.3 Å². The van der Waals surface area contributed by atoms with E-state index in [-0.39, 0.29) is 18.7 Å². The molecule has 0 aromatic heterocycles. The van der Waals surface area contributed by atoms with Crippen LogP contribution in [-0.4, -0.2) is 35.7 Å². The van der Waals surface area contributed by atoms with Gasteiger partial charge in [0, 0.05) is 25.2 Å². The number of rotatable bonds is 4. The highest BCUT2D eigenvalue weighted by Crippen LogP contribution is 2.29. The second-order valence-corrected chi connectivity index (χ2v) is 5.55. The van der Waals surface area contributed by atoms with Crippen LogP contribution in [0.2, 0.25) is 0 Å². The first-order valence-corrected chi connectivity index (χ1v) is 6.79. The van der Waals surface area contributed by atoms with Crippen molar-refractivity contribution in [3.05, 3.63) is 35.4 Å². The predicted octanol–water partition coefficient (Wildman–Crippen LogP) is 1.70. The van der Waals surface area contributed by atoms with E-state index >= 15 is 0 Å². The zero-order chi connectivity index (χ0) is 13.1. The number of nitrogens with zero attached hydrogens (tertiary/aromatic N) is 1. The van der Waals surface area contributed by atoms with E-state index in [1.54, 1.807) is 0 Å². The van der Waals surface area contributed by atoms with E-state index in [9.17, 15) is 5.11 Å². The Bertz CT molecular complexity index is 375. The molecule has 0 spiro atoms. The SMILES string of the molecule is Cc1ccc(C(C(C)N)N2CCC(CO)C2)cc1. The van der Waals surface area contributed by atoms with Gasteiger partial charge in [0.25, 0.3) is 0 Å². The third kappa shape index (κ3) is 2.91. The lowest BCUT2D eigenvalue weighted by molar-refractivity contribution is 0.185. The average molecular weight is 248 g/mol. The van der Waals surface area contributed by atoms with Gasteiger partial charge < -0.3 is 10.8 Å². The molecule has 0 radical (unpaired) electrons. The van der Waals surface area contributed by atoms with Crippen molar-refractivity contribution in [2.75, 3.05) is 19.7 Å². The summed E-state index contributed by atoms with van der Waals surface area (Å²) in [6, 6.07) is 9.01. The highest BCUT2D eigenvalue weighted by atomic mass is 16.3. The summed E-state index contributed by atoms with van der Waals surface area (Å²) in [5.41, 5.74) is 8.73. The minimum absolute atomic E-state index is 0.102. The average Bonchev–Trinajstić information content (AvgIpc) is 2.80. The number of aliphatic hydroxyl groups is 1. The fourth-order valence-electron chi connectivity index (χ4n) is 2.87. The van der Waals surface area contributed by atoms with Crippen LogP contribution in [0.5, 0.6) is 0 Å². The van der Waals surface area contributed by atoms with Crippen molar-refractivity contribution >= 4 is 0 Å². The van der Waals surface area contributed by atoms with Crippen molar-refractivity contribution < 1.29 is 5.11 Å². The molecule has 3 unspecified atom stereocenters. The third-order valence-electron chi connectivity index (χ3n) is 3.89. The Morgan fingerprint density at radius 2 is 2.06 bits per heavy atom. The first kappa shape index (κ1) is 13.5. The van der Waals surface area contributed by atoms with Gasteiger partial charge in [0.15, 0.2) is 0 Å². The molecule has 1 saturated heterocycles. The Labute approximate surface area is 110 Å². The second kappa shape index (κ2) is 5.83. The molecule has 0 amide bonds. The molecule has 1 fully saturated rings. The number of aryl methyl sites for hydroxylation is 1. The maximum Gasteiger partial charge on any atom is 0.0496 e. The van der Waals surface area contributed by atoms with Gasteiger partial charge in [-0.2, -0.15) is 0 Å². The van der Waals surface area contributed by atoms with Gasteiger partial charge in [-0.3, -0.25) is 4.90 Å². The molecule has 100 valence electrons. The van der Waals surface area contributed by atoms with Crippen molar-refractivity contribution in [3.8, 4) is 0 Å². The summed E-state index contributed by atoms with van der Waals surface area (Å²) in [6.45, 7) is 6.44. The first-order valence-electron chi connectivity index (χ1n) is 6.79. The minimum atomic E-state index is 0.102. The molecule has 3 heteroatoms. The summed E-state index contributed by atoms with van der Waals surface area (Å²) in [4.78, 5) is 2.41. The molecule has 2 rings (SSSR count). The number of hydrogen-bond donors (Lipinski definition) is 2. The van der Waals surface area contributed by atoms with E-state index in [1.165, 1.54) is 11.1 Å². The van der Waals surface area contributed by atoms with Crippen LogP contribution in [0.1, 0.15) is 30.5 Å². The van der Waals surface area contributed by atoms with Gasteiger partial charge in [0.1, 0.15) is 0 Å². The largest absolute Gasteiger partial charge is 0.396 e. The lowest BCUT2D eigenvalue weighted by Crippen LogP contribution is -2.38. The Kier molecular flexibility index (Phi) is 4.38. The first-order chi connectivity index (χ1) is 8.61. The topological polar surface area (TPSA) is 49.5 Å². The van der Waals surface area contributed by atoms with Crippen molar-refractivity contribution in [1.82, 2.24) is 4.90 Å². The summed E-state index contributed by atoms with van der Waals surface area (Å²) in [7, 11) is 0. The fraction of sp³-hybridized carbons (Fsp3) is 0.600. The summed E-state index contributed by atoms with van der Waals surface area (Å²) in [5.74, 6) is 0.414. The molecule has 0 saturated carbocycles. The molecule has 1 aromatic carbocycles. The van der Waals surface area contributed by atoms with Crippen LogP contribution >= 0.6 is 0 Å². The zero-order valence-corrected chi connectivity index (χ0v) is 11.3. The van der Waals surface area contributed by atoms with E-state index in [1.807, 2.05) is 0 Å². The quantitative estimate of drug-likeness (QED) is 0.852. The van der Waals surface area contributed by atoms with Gasteiger partial charge >= 0.3 is 0 Å². The van der Waals surface area contributed by atoms with Crippen LogP contribution in [0, 0.1) is 12.8 Å². The molecule has 1 aliphatic heterocycles. The Morgan fingerprint density at radius 1 is 1.39 bits per heavy atom. The molecule has 3 N–H and O–H groups in total. The molecule has 0 bridgehead atoms. The number of hydrogen-bond acceptors (Lipinski definition) is 3. The minimum Gasteiger partial charge on any atom is -0.396 e. The summed E-state index contributed by atoms with van der Waals surface area (Å²) in [6.07, 6.45) is 1.07. The number of likely N-dealkylation sites (tertiary alicyclic amines) is 1. The van der Waals surface area contributed by atoms with Crippen LogP contribution in [0.25, 0.3) is 0 Å². The molecule has 1 heterocycles. The molecule has 3 nitrogen and oxygen atoms in total. The molecule has 1 aliphatic rings. The smallest absolute Gasteiger partial charge is 0.0496 e. The molecular weight excluding hydrogens is 224 g/mol. The summed E-state index contributed by atoms with van der Waals surface area (Å²) < 4.78 is 0. The molecule has 0 aliphatic carbocycles. The van der Waals surface area contributed by atoms with Crippen LogP contribution < -0.4 is 5.73 Å². The van der Waals surface area contributed by atoms with Gasteiger partial charge in [-0.25, -0.2) is 0 Å². The van der Waals surface area contributed by atoms with Crippen molar-refractivity contribution in [2.24, 2.45) is 11.7 Å². The number of nitrogens with two attached hydrogens (primary N) is 1.